The predicted molar refractivity (Wildman–Crippen MR) is 128 cm³/mol. The van der Waals surface area contributed by atoms with Crippen LogP contribution in [0.25, 0.3) is 22.2 Å². The van der Waals surface area contributed by atoms with Crippen LogP contribution in [-0.2, 0) is 0 Å². The molecule has 6 heteroatoms. The number of nitrogens with zero attached hydrogens (tertiary/aromatic N) is 1. The average molecular weight is 526 g/mol. The first-order valence-corrected chi connectivity index (χ1v) is 11.0. The van der Waals surface area contributed by atoms with Gasteiger partial charge >= 0.3 is 0 Å². The third-order valence-electron chi connectivity index (χ3n) is 5.19. The Hall–Kier alpha value is -3.00. The zero-order valence-electron chi connectivity index (χ0n) is 16.8. The van der Waals surface area contributed by atoms with E-state index in [-0.39, 0.29) is 28.4 Å². The largest absolute Gasteiger partial charge is 0.505 e. The maximum Gasteiger partial charge on any atom is 0.256 e. The SMILES string of the molecule is CC[C@H](NC(=O)c1c(O)c(-c2ccccc2)nc2cc(I)c(F)cc12)c1ccccc1. The molecule has 0 fully saturated rings. The zero-order valence-corrected chi connectivity index (χ0v) is 18.9. The smallest absolute Gasteiger partial charge is 0.256 e. The minimum atomic E-state index is -0.474. The van der Waals surface area contributed by atoms with Gasteiger partial charge in [-0.05, 0) is 46.7 Å². The number of aromatic nitrogens is 1. The lowest BCUT2D eigenvalue weighted by Crippen LogP contribution is -2.28. The van der Waals surface area contributed by atoms with Crippen molar-refractivity contribution in [2.24, 2.45) is 0 Å². The van der Waals surface area contributed by atoms with Crippen molar-refractivity contribution in [3.63, 3.8) is 0 Å². The maximum absolute atomic E-state index is 14.4. The minimum Gasteiger partial charge on any atom is -0.505 e. The van der Waals surface area contributed by atoms with Gasteiger partial charge in [0.05, 0.1) is 20.7 Å². The molecular formula is C25H20FIN2O2. The molecule has 3 aromatic carbocycles. The quantitative estimate of drug-likeness (QED) is 0.303. The van der Waals surface area contributed by atoms with Gasteiger partial charge in [0, 0.05) is 10.9 Å². The Bertz CT molecular complexity index is 1250. The van der Waals surface area contributed by atoms with Crippen LogP contribution in [0.1, 0.15) is 35.3 Å². The molecule has 4 rings (SSSR count). The number of halogens is 2. The van der Waals surface area contributed by atoms with Gasteiger partial charge in [-0.1, -0.05) is 67.6 Å². The van der Waals surface area contributed by atoms with Crippen molar-refractivity contribution in [1.29, 1.82) is 0 Å². The lowest BCUT2D eigenvalue weighted by atomic mass is 10.00. The summed E-state index contributed by atoms with van der Waals surface area (Å²) >= 11 is 1.89. The molecule has 2 N–H and O–H groups in total. The number of nitrogens with one attached hydrogen (secondary N) is 1. The average Bonchev–Trinajstić information content (AvgIpc) is 2.79. The molecule has 0 radical (unpaired) electrons. The van der Waals surface area contributed by atoms with E-state index >= 15 is 0 Å². The Labute approximate surface area is 193 Å². The summed E-state index contributed by atoms with van der Waals surface area (Å²) in [5.41, 5.74) is 2.38. The molecule has 31 heavy (non-hydrogen) atoms. The Balaban J connectivity index is 1.88. The number of benzene rings is 3. The number of carbonyl (C=O) groups excluding carboxylic acids is 1. The Morgan fingerprint density at radius 1 is 1.10 bits per heavy atom. The van der Waals surface area contributed by atoms with Crippen LogP contribution in [0.4, 0.5) is 4.39 Å². The second kappa shape index (κ2) is 9.01. The normalized spacial score (nSPS) is 12.0. The summed E-state index contributed by atoms with van der Waals surface area (Å²) < 4.78 is 14.8. The highest BCUT2D eigenvalue weighted by molar-refractivity contribution is 14.1. The van der Waals surface area contributed by atoms with Gasteiger partial charge in [0.25, 0.3) is 5.91 Å². The topological polar surface area (TPSA) is 62.2 Å². The molecule has 0 aliphatic rings. The maximum atomic E-state index is 14.4. The molecule has 1 atom stereocenters. The first-order valence-electron chi connectivity index (χ1n) is 9.92. The van der Waals surface area contributed by atoms with E-state index in [1.165, 1.54) is 6.07 Å². The standard InChI is InChI=1S/C25H20FIN2O2/c1-2-20(15-9-5-3-6-10-15)29-25(31)22-17-13-18(26)19(27)14-21(17)28-23(24(22)30)16-11-7-4-8-12-16/h3-14,20,30H,2H2,1H3,(H,29,31)/t20-/m0/s1. The van der Waals surface area contributed by atoms with E-state index in [0.29, 0.717) is 21.1 Å². The summed E-state index contributed by atoms with van der Waals surface area (Å²) in [5, 5.41) is 14.3. The van der Waals surface area contributed by atoms with E-state index in [0.717, 1.165) is 5.56 Å². The van der Waals surface area contributed by atoms with E-state index in [1.54, 1.807) is 6.07 Å². The molecule has 0 saturated carbocycles. The predicted octanol–water partition coefficient (Wildman–Crippen LogP) is 6.23. The van der Waals surface area contributed by atoms with Crippen LogP contribution in [0.3, 0.4) is 0 Å². The van der Waals surface area contributed by atoms with Crippen molar-refractivity contribution in [3.05, 3.63) is 93.3 Å². The fraction of sp³-hybridized carbons (Fsp3) is 0.120. The highest BCUT2D eigenvalue weighted by atomic mass is 127. The molecule has 0 aliphatic carbocycles. The number of aromatic hydroxyl groups is 1. The number of fused-ring (bicyclic) bond motifs is 1. The summed E-state index contributed by atoms with van der Waals surface area (Å²) in [4.78, 5) is 17.9. The molecular weight excluding hydrogens is 506 g/mol. The molecule has 156 valence electrons. The van der Waals surface area contributed by atoms with Crippen molar-refractivity contribution < 1.29 is 14.3 Å². The fourth-order valence-corrected chi connectivity index (χ4v) is 4.06. The third-order valence-corrected chi connectivity index (χ3v) is 6.02. The number of rotatable bonds is 5. The van der Waals surface area contributed by atoms with Crippen molar-refractivity contribution in [3.8, 4) is 17.0 Å². The van der Waals surface area contributed by atoms with E-state index < -0.39 is 11.7 Å². The van der Waals surface area contributed by atoms with Crippen molar-refractivity contribution in [2.45, 2.75) is 19.4 Å². The fourth-order valence-electron chi connectivity index (χ4n) is 3.61. The van der Waals surface area contributed by atoms with E-state index in [2.05, 4.69) is 10.3 Å². The summed E-state index contributed by atoms with van der Waals surface area (Å²) in [6.07, 6.45) is 0.664. The number of hydrogen-bond acceptors (Lipinski definition) is 3. The Kier molecular flexibility index (Phi) is 6.18. The van der Waals surface area contributed by atoms with Crippen molar-refractivity contribution >= 4 is 39.4 Å². The van der Waals surface area contributed by atoms with Gasteiger partial charge in [-0.25, -0.2) is 9.37 Å². The Morgan fingerprint density at radius 2 is 1.74 bits per heavy atom. The van der Waals surface area contributed by atoms with Gasteiger partial charge in [-0.2, -0.15) is 0 Å². The molecule has 0 bridgehead atoms. The number of carbonyl (C=O) groups is 1. The first-order chi connectivity index (χ1) is 15.0. The van der Waals surface area contributed by atoms with Crippen molar-refractivity contribution in [1.82, 2.24) is 10.3 Å². The monoisotopic (exact) mass is 526 g/mol. The van der Waals surface area contributed by atoms with E-state index in [4.69, 9.17) is 0 Å². The van der Waals surface area contributed by atoms with Crippen molar-refractivity contribution in [2.75, 3.05) is 0 Å². The summed E-state index contributed by atoms with van der Waals surface area (Å²) in [7, 11) is 0. The number of amides is 1. The molecule has 4 aromatic rings. The van der Waals surface area contributed by atoms with Crippen LogP contribution < -0.4 is 5.32 Å². The molecule has 0 spiro atoms. The van der Waals surface area contributed by atoms with Crippen LogP contribution >= 0.6 is 22.6 Å². The second-order valence-corrected chi connectivity index (χ2v) is 8.34. The lowest BCUT2D eigenvalue weighted by Gasteiger charge is -2.19. The third kappa shape index (κ3) is 4.25. The van der Waals surface area contributed by atoms with Gasteiger partial charge in [-0.15, -0.1) is 0 Å². The molecule has 0 unspecified atom stereocenters. The van der Waals surface area contributed by atoms with Crippen LogP contribution in [-0.4, -0.2) is 16.0 Å². The number of hydrogen-bond donors (Lipinski definition) is 2. The van der Waals surface area contributed by atoms with E-state index in [1.807, 2.05) is 90.2 Å². The summed E-state index contributed by atoms with van der Waals surface area (Å²) in [6, 6.07) is 21.4. The second-order valence-electron chi connectivity index (χ2n) is 7.18. The summed E-state index contributed by atoms with van der Waals surface area (Å²) in [5.74, 6) is -1.20. The van der Waals surface area contributed by atoms with Gasteiger partial charge in [-0.3, -0.25) is 4.79 Å². The highest BCUT2D eigenvalue weighted by Gasteiger charge is 2.24. The number of pyridine rings is 1. The Morgan fingerprint density at radius 3 is 2.39 bits per heavy atom. The highest BCUT2D eigenvalue weighted by Crippen LogP contribution is 2.36. The van der Waals surface area contributed by atoms with Crippen LogP contribution in [0.15, 0.2) is 72.8 Å². The van der Waals surface area contributed by atoms with Crippen LogP contribution in [0.2, 0.25) is 0 Å². The van der Waals surface area contributed by atoms with Crippen LogP contribution in [0.5, 0.6) is 5.75 Å². The van der Waals surface area contributed by atoms with Gasteiger partial charge < -0.3 is 10.4 Å². The molecule has 1 aromatic heterocycles. The molecule has 1 amide bonds. The minimum absolute atomic E-state index is 0.0218. The van der Waals surface area contributed by atoms with Gasteiger partial charge in [0.1, 0.15) is 11.5 Å². The molecule has 1 heterocycles. The summed E-state index contributed by atoms with van der Waals surface area (Å²) in [6.45, 7) is 1.97. The first kappa shape index (κ1) is 21.2. The van der Waals surface area contributed by atoms with E-state index in [9.17, 15) is 14.3 Å². The lowest BCUT2D eigenvalue weighted by molar-refractivity contribution is 0.0934. The molecule has 4 nitrogen and oxygen atoms in total. The van der Waals surface area contributed by atoms with Gasteiger partial charge in [0.2, 0.25) is 0 Å². The molecule has 0 aliphatic heterocycles. The van der Waals surface area contributed by atoms with Gasteiger partial charge in [0.15, 0.2) is 5.75 Å². The zero-order chi connectivity index (χ0) is 22.0. The van der Waals surface area contributed by atoms with Crippen LogP contribution in [0, 0.1) is 9.39 Å². The molecule has 0 saturated heterocycles.